The van der Waals surface area contributed by atoms with Crippen LogP contribution in [0.3, 0.4) is 0 Å². The van der Waals surface area contributed by atoms with E-state index in [9.17, 15) is 4.79 Å². The molecule has 0 aromatic carbocycles. The van der Waals surface area contributed by atoms with Crippen LogP contribution in [0.4, 0.5) is 4.79 Å². The zero-order chi connectivity index (χ0) is 24.2. The van der Waals surface area contributed by atoms with Crippen molar-refractivity contribution in [2.45, 2.75) is 156 Å². The molecule has 0 N–H and O–H groups in total. The summed E-state index contributed by atoms with van der Waals surface area (Å²) in [5.74, 6) is 0.842. The van der Waals surface area contributed by atoms with Crippen LogP contribution >= 0.6 is 0 Å². The first-order valence-corrected chi connectivity index (χ1v) is 14.6. The molecule has 0 atom stereocenters. The summed E-state index contributed by atoms with van der Waals surface area (Å²) in [7, 11) is 0. The van der Waals surface area contributed by atoms with Gasteiger partial charge < -0.3 is 9.47 Å². The molecule has 3 nitrogen and oxygen atoms in total. The van der Waals surface area contributed by atoms with Crippen molar-refractivity contribution in [1.82, 2.24) is 0 Å². The normalized spacial score (nSPS) is 11.5. The summed E-state index contributed by atoms with van der Waals surface area (Å²) in [6, 6.07) is 0. The van der Waals surface area contributed by atoms with Gasteiger partial charge in [-0.1, -0.05) is 129 Å². The summed E-state index contributed by atoms with van der Waals surface area (Å²) in [5.41, 5.74) is 0. The maximum atomic E-state index is 11.6. The molecule has 0 aliphatic heterocycles. The lowest BCUT2D eigenvalue weighted by molar-refractivity contribution is 0.0529. The Bertz CT molecular complexity index is 417. The van der Waals surface area contributed by atoms with Crippen LogP contribution in [0.5, 0.6) is 0 Å². The molecule has 0 aliphatic rings. The predicted octanol–water partition coefficient (Wildman–Crippen LogP) is 10.6. The van der Waals surface area contributed by atoms with Crippen molar-refractivity contribution in [3.8, 4) is 0 Å². The van der Waals surface area contributed by atoms with Crippen molar-refractivity contribution in [2.75, 3.05) is 13.2 Å². The molecule has 33 heavy (non-hydrogen) atoms. The number of allylic oxidation sites excluding steroid dienone is 2. The van der Waals surface area contributed by atoms with Crippen molar-refractivity contribution >= 4 is 6.16 Å². The minimum absolute atomic E-state index is 0.485. The minimum Gasteiger partial charge on any atom is -0.434 e. The standard InChI is InChI=1S/C30H58O3/c1-4-5-6-7-8-9-10-11-12-13-15-18-21-24-27-32-30(31)33-28-25-22-19-16-14-17-20-23-26-29(2)3/h9-10,29H,4-8,11-28H2,1-3H3/b10-9-. The molecule has 0 saturated heterocycles. The van der Waals surface area contributed by atoms with Gasteiger partial charge in [-0.05, 0) is 44.4 Å². The third-order valence-corrected chi connectivity index (χ3v) is 6.27. The molecule has 0 aromatic heterocycles. The summed E-state index contributed by atoms with van der Waals surface area (Å²) >= 11 is 0. The van der Waals surface area contributed by atoms with E-state index in [1.54, 1.807) is 0 Å². The first-order valence-electron chi connectivity index (χ1n) is 14.6. The molecular weight excluding hydrogens is 408 g/mol. The average Bonchev–Trinajstić information content (AvgIpc) is 2.79. The van der Waals surface area contributed by atoms with Gasteiger partial charge >= 0.3 is 6.16 Å². The highest BCUT2D eigenvalue weighted by molar-refractivity contribution is 5.59. The second kappa shape index (κ2) is 27.3. The third-order valence-electron chi connectivity index (χ3n) is 6.27. The quantitative estimate of drug-likeness (QED) is 0.0762. The van der Waals surface area contributed by atoms with Gasteiger partial charge in [0, 0.05) is 0 Å². The van der Waals surface area contributed by atoms with E-state index in [-0.39, 0.29) is 0 Å². The molecule has 0 rings (SSSR count). The second-order valence-corrected chi connectivity index (χ2v) is 10.2. The largest absolute Gasteiger partial charge is 0.508 e. The number of unbranched alkanes of at least 4 members (excludes halogenated alkanes) is 17. The van der Waals surface area contributed by atoms with Gasteiger partial charge in [-0.3, -0.25) is 0 Å². The van der Waals surface area contributed by atoms with Crippen LogP contribution in [-0.4, -0.2) is 19.4 Å². The fraction of sp³-hybridized carbons (Fsp3) is 0.900. The Labute approximate surface area is 207 Å². The van der Waals surface area contributed by atoms with Crippen LogP contribution < -0.4 is 0 Å². The van der Waals surface area contributed by atoms with Crippen LogP contribution in [0.1, 0.15) is 156 Å². The van der Waals surface area contributed by atoms with Crippen molar-refractivity contribution in [2.24, 2.45) is 5.92 Å². The number of hydrogen-bond donors (Lipinski definition) is 0. The van der Waals surface area contributed by atoms with Crippen LogP contribution in [0.25, 0.3) is 0 Å². The van der Waals surface area contributed by atoms with Gasteiger partial charge in [0.2, 0.25) is 0 Å². The maximum Gasteiger partial charge on any atom is 0.508 e. The highest BCUT2D eigenvalue weighted by Gasteiger charge is 2.03. The molecular formula is C30H58O3. The fourth-order valence-electron chi connectivity index (χ4n) is 4.06. The van der Waals surface area contributed by atoms with Gasteiger partial charge in [0.15, 0.2) is 0 Å². The Morgan fingerprint density at radius 1 is 0.576 bits per heavy atom. The molecule has 0 fully saturated rings. The molecule has 3 heteroatoms. The van der Waals surface area contributed by atoms with Gasteiger partial charge in [-0.15, -0.1) is 0 Å². The highest BCUT2D eigenvalue weighted by Crippen LogP contribution is 2.13. The molecule has 0 saturated carbocycles. The molecule has 0 aliphatic carbocycles. The lowest BCUT2D eigenvalue weighted by Crippen LogP contribution is -2.09. The van der Waals surface area contributed by atoms with E-state index in [1.165, 1.54) is 109 Å². The number of carbonyl (C=O) groups excluding carboxylic acids is 1. The van der Waals surface area contributed by atoms with Crippen LogP contribution in [0.15, 0.2) is 12.2 Å². The van der Waals surface area contributed by atoms with Gasteiger partial charge in [0.25, 0.3) is 0 Å². The molecule has 0 heterocycles. The number of ether oxygens (including phenoxy) is 2. The topological polar surface area (TPSA) is 35.5 Å². The first-order chi connectivity index (χ1) is 16.2. The molecule has 196 valence electrons. The van der Waals surface area contributed by atoms with Gasteiger partial charge in [0.05, 0.1) is 13.2 Å². The van der Waals surface area contributed by atoms with Crippen molar-refractivity contribution in [1.29, 1.82) is 0 Å². The summed E-state index contributed by atoms with van der Waals surface area (Å²) in [6.07, 6.45) is 30.8. The lowest BCUT2D eigenvalue weighted by atomic mass is 10.0. The van der Waals surface area contributed by atoms with E-state index in [1.807, 2.05) is 0 Å². The molecule has 0 aromatic rings. The van der Waals surface area contributed by atoms with Crippen LogP contribution in [0.2, 0.25) is 0 Å². The average molecular weight is 467 g/mol. The SMILES string of the molecule is CCCCCC/C=C\CCCCCCCCOC(=O)OCCCCCCCCCCC(C)C. The number of hydrogen-bond acceptors (Lipinski definition) is 3. The monoisotopic (exact) mass is 466 g/mol. The Balaban J connectivity index is 3.20. The zero-order valence-corrected chi connectivity index (χ0v) is 22.7. The third kappa shape index (κ3) is 29.0. The second-order valence-electron chi connectivity index (χ2n) is 10.2. The minimum atomic E-state index is -0.485. The van der Waals surface area contributed by atoms with E-state index >= 15 is 0 Å². The van der Waals surface area contributed by atoms with E-state index in [2.05, 4.69) is 32.9 Å². The molecule has 0 unspecified atom stereocenters. The van der Waals surface area contributed by atoms with Crippen LogP contribution in [-0.2, 0) is 9.47 Å². The first kappa shape index (κ1) is 32.0. The summed E-state index contributed by atoms with van der Waals surface area (Å²) in [4.78, 5) is 11.6. The van der Waals surface area contributed by atoms with E-state index in [0.29, 0.717) is 13.2 Å². The Kier molecular flexibility index (Phi) is 26.4. The zero-order valence-electron chi connectivity index (χ0n) is 22.7. The predicted molar refractivity (Wildman–Crippen MR) is 144 cm³/mol. The smallest absolute Gasteiger partial charge is 0.434 e. The summed E-state index contributed by atoms with van der Waals surface area (Å²) in [5, 5.41) is 0. The van der Waals surface area contributed by atoms with Gasteiger partial charge in [-0.25, -0.2) is 4.79 Å². The number of rotatable bonds is 25. The highest BCUT2D eigenvalue weighted by atomic mass is 16.7. The molecule has 0 bridgehead atoms. The Hall–Kier alpha value is -0.990. The maximum absolute atomic E-state index is 11.6. The van der Waals surface area contributed by atoms with Crippen LogP contribution in [0, 0.1) is 5.92 Å². The van der Waals surface area contributed by atoms with Crippen molar-refractivity contribution < 1.29 is 14.3 Å². The van der Waals surface area contributed by atoms with Crippen molar-refractivity contribution in [3.05, 3.63) is 12.2 Å². The Morgan fingerprint density at radius 3 is 1.42 bits per heavy atom. The molecule has 0 amide bonds. The lowest BCUT2D eigenvalue weighted by Gasteiger charge is -2.07. The van der Waals surface area contributed by atoms with E-state index < -0.39 is 6.16 Å². The number of carbonyl (C=O) groups is 1. The molecule has 0 radical (unpaired) electrons. The molecule has 0 spiro atoms. The summed E-state index contributed by atoms with van der Waals surface area (Å²) in [6.45, 7) is 7.86. The Morgan fingerprint density at radius 2 is 0.970 bits per heavy atom. The van der Waals surface area contributed by atoms with E-state index in [0.717, 1.165) is 31.6 Å². The van der Waals surface area contributed by atoms with Crippen molar-refractivity contribution in [3.63, 3.8) is 0 Å². The summed E-state index contributed by atoms with van der Waals surface area (Å²) < 4.78 is 10.4. The van der Waals surface area contributed by atoms with Gasteiger partial charge in [-0.2, -0.15) is 0 Å². The van der Waals surface area contributed by atoms with Gasteiger partial charge in [0.1, 0.15) is 0 Å². The van der Waals surface area contributed by atoms with E-state index in [4.69, 9.17) is 9.47 Å². The fourth-order valence-corrected chi connectivity index (χ4v) is 4.06.